The first kappa shape index (κ1) is 18.9. The molecule has 0 saturated carbocycles. The molecular formula is C10H7Cl7O. The van der Waals surface area contributed by atoms with Crippen LogP contribution in [0.2, 0.25) is 0 Å². The zero-order chi connectivity index (χ0) is 14.7. The minimum Gasteiger partial charge on any atom is -0.276 e. The minimum absolute atomic E-state index is 0.0832. The lowest BCUT2D eigenvalue weighted by molar-refractivity contribution is -0.108. The van der Waals surface area contributed by atoms with E-state index in [1.54, 1.807) is 0 Å². The summed E-state index contributed by atoms with van der Waals surface area (Å²) < 4.78 is -3.56. The number of rotatable bonds is 3. The van der Waals surface area contributed by atoms with Crippen LogP contribution in [0.4, 0.5) is 0 Å². The molecule has 0 saturated heterocycles. The molecule has 0 atom stereocenters. The maximum absolute atomic E-state index is 10.9. The number of carbonyl (C=O) groups excluding carboxylic acids is 1. The van der Waals surface area contributed by atoms with E-state index in [0.717, 1.165) is 0 Å². The normalized spacial score (nSPS) is 14.7. The first-order valence-electron chi connectivity index (χ1n) is 4.29. The van der Waals surface area contributed by atoms with Crippen molar-refractivity contribution in [3.63, 3.8) is 0 Å². The second-order valence-electron chi connectivity index (χ2n) is 3.22. The van der Waals surface area contributed by atoms with Crippen molar-refractivity contribution in [3.8, 4) is 0 Å². The number of alkyl halides is 6. The lowest BCUT2D eigenvalue weighted by Crippen LogP contribution is -2.10. The van der Waals surface area contributed by atoms with Crippen molar-refractivity contribution in [2.24, 2.45) is 0 Å². The Hall–Kier alpha value is 0.920. The van der Waals surface area contributed by atoms with E-state index in [9.17, 15) is 4.79 Å². The predicted octanol–water partition coefficient (Wildman–Crippen LogP) is 5.92. The third-order valence-corrected chi connectivity index (χ3v) is 3.38. The van der Waals surface area contributed by atoms with Crippen LogP contribution in [0.1, 0.15) is 6.92 Å². The third-order valence-electron chi connectivity index (χ3n) is 1.70. The van der Waals surface area contributed by atoms with Gasteiger partial charge in [0.25, 0.3) is 0 Å². The van der Waals surface area contributed by atoms with Crippen LogP contribution in [0.5, 0.6) is 0 Å². The summed E-state index contributed by atoms with van der Waals surface area (Å²) in [6.07, 6.45) is 2.55. The molecule has 1 nitrogen and oxygen atoms in total. The average molecular weight is 391 g/mol. The molecule has 0 unspecified atom stereocenters. The zero-order valence-corrected chi connectivity index (χ0v) is 14.2. The predicted molar refractivity (Wildman–Crippen MR) is 82.4 cm³/mol. The third kappa shape index (κ3) is 6.91. The standard InChI is InChI=1S/C10H7Cl7O/c1-5(8(11)18)3-7(10(15,16)17)4-6(2)9(12,13)14/h3-4H,2H2,1H3/b5-3+,7-4+. The molecule has 8 heteroatoms. The van der Waals surface area contributed by atoms with Crippen molar-refractivity contribution < 1.29 is 4.79 Å². The quantitative estimate of drug-likeness (QED) is 0.253. The second kappa shape index (κ2) is 7.08. The van der Waals surface area contributed by atoms with Crippen LogP contribution in [0.25, 0.3) is 0 Å². The highest BCUT2D eigenvalue weighted by Crippen LogP contribution is 2.40. The van der Waals surface area contributed by atoms with Crippen molar-refractivity contribution >= 4 is 86.4 Å². The fourth-order valence-corrected chi connectivity index (χ4v) is 1.31. The number of halogens is 7. The first-order valence-corrected chi connectivity index (χ1v) is 6.93. The molecule has 0 aliphatic heterocycles. The summed E-state index contributed by atoms with van der Waals surface area (Å²) >= 11 is 39.4. The number of hydrogen-bond acceptors (Lipinski definition) is 1. The van der Waals surface area contributed by atoms with Crippen LogP contribution < -0.4 is 0 Å². The summed E-state index contributed by atoms with van der Waals surface area (Å²) in [4.78, 5) is 10.9. The summed E-state index contributed by atoms with van der Waals surface area (Å²) in [5.41, 5.74) is 0.363. The molecule has 0 aliphatic carbocycles. The fourth-order valence-electron chi connectivity index (χ4n) is 0.765. The van der Waals surface area contributed by atoms with Crippen molar-refractivity contribution in [2.45, 2.75) is 14.5 Å². The van der Waals surface area contributed by atoms with E-state index < -0.39 is 12.8 Å². The Bertz CT molecular complexity index is 409. The second-order valence-corrected chi connectivity index (χ2v) is 8.13. The molecule has 0 aliphatic rings. The van der Waals surface area contributed by atoms with Gasteiger partial charge in [0.1, 0.15) is 0 Å². The van der Waals surface area contributed by atoms with E-state index in [-0.39, 0.29) is 16.7 Å². The van der Waals surface area contributed by atoms with E-state index in [1.165, 1.54) is 19.1 Å². The topological polar surface area (TPSA) is 17.1 Å². The van der Waals surface area contributed by atoms with Crippen LogP contribution in [0, 0.1) is 0 Å². The van der Waals surface area contributed by atoms with E-state index in [4.69, 9.17) is 81.2 Å². The van der Waals surface area contributed by atoms with E-state index >= 15 is 0 Å². The summed E-state index contributed by atoms with van der Waals surface area (Å²) in [7, 11) is 0. The van der Waals surface area contributed by atoms with Crippen molar-refractivity contribution in [1.29, 1.82) is 0 Å². The molecule has 0 N–H and O–H groups in total. The van der Waals surface area contributed by atoms with Gasteiger partial charge in [-0.1, -0.05) is 76.2 Å². The average Bonchev–Trinajstić information content (AvgIpc) is 2.12. The van der Waals surface area contributed by atoms with Gasteiger partial charge in [0.05, 0.1) is 0 Å². The molecule has 0 aromatic heterocycles. The molecule has 0 aromatic carbocycles. The highest BCUT2D eigenvalue weighted by atomic mass is 35.6. The van der Waals surface area contributed by atoms with E-state index in [2.05, 4.69) is 6.58 Å². The summed E-state index contributed by atoms with van der Waals surface area (Å²) in [6.45, 7) is 4.99. The number of carbonyl (C=O) groups is 1. The van der Waals surface area contributed by atoms with Crippen LogP contribution >= 0.6 is 81.2 Å². The molecule has 0 spiro atoms. The van der Waals surface area contributed by atoms with Gasteiger partial charge in [-0.25, -0.2) is 0 Å². The molecule has 0 heterocycles. The van der Waals surface area contributed by atoms with Crippen LogP contribution in [0.3, 0.4) is 0 Å². The Morgan fingerprint density at radius 3 is 1.72 bits per heavy atom. The summed E-state index contributed by atoms with van der Waals surface area (Å²) in [6, 6.07) is 0. The van der Waals surface area contributed by atoms with Crippen molar-refractivity contribution in [3.05, 3.63) is 35.5 Å². The maximum Gasteiger partial charge on any atom is 0.248 e. The van der Waals surface area contributed by atoms with Gasteiger partial charge in [-0.2, -0.15) is 0 Å². The molecule has 102 valence electrons. The molecule has 18 heavy (non-hydrogen) atoms. The largest absolute Gasteiger partial charge is 0.276 e. The molecule has 0 amide bonds. The lowest BCUT2D eigenvalue weighted by atomic mass is 10.1. The fraction of sp³-hybridized carbons (Fsp3) is 0.300. The Balaban J connectivity index is 5.56. The molecule has 0 bridgehead atoms. The highest BCUT2D eigenvalue weighted by Gasteiger charge is 2.29. The molecule has 0 radical (unpaired) electrons. The zero-order valence-electron chi connectivity index (χ0n) is 8.92. The molecule has 0 aromatic rings. The molecular weight excluding hydrogens is 384 g/mol. The lowest BCUT2D eigenvalue weighted by Gasteiger charge is -2.17. The van der Waals surface area contributed by atoms with Crippen LogP contribution in [-0.2, 0) is 4.79 Å². The van der Waals surface area contributed by atoms with Crippen LogP contribution in [0.15, 0.2) is 35.5 Å². The van der Waals surface area contributed by atoms with Gasteiger partial charge in [0.2, 0.25) is 12.8 Å². The van der Waals surface area contributed by atoms with Gasteiger partial charge >= 0.3 is 0 Å². The van der Waals surface area contributed by atoms with Gasteiger partial charge < -0.3 is 0 Å². The summed E-state index contributed by atoms with van der Waals surface area (Å²) in [5, 5.41) is -0.686. The SMILES string of the molecule is C=C(/C=C(\C=C(/C)C(=O)Cl)C(Cl)(Cl)Cl)C(Cl)(Cl)Cl. The highest BCUT2D eigenvalue weighted by molar-refractivity contribution is 6.71. The summed E-state index contributed by atoms with van der Waals surface area (Å²) in [5.74, 6) is 0. The van der Waals surface area contributed by atoms with Gasteiger partial charge in [0, 0.05) is 11.1 Å². The molecule has 0 fully saturated rings. The Kier molecular flexibility index (Phi) is 7.44. The van der Waals surface area contributed by atoms with Gasteiger partial charge in [-0.15, -0.1) is 0 Å². The Morgan fingerprint density at radius 2 is 1.44 bits per heavy atom. The van der Waals surface area contributed by atoms with Gasteiger partial charge in [0.15, 0.2) is 0 Å². The Labute approximate surface area is 140 Å². The van der Waals surface area contributed by atoms with E-state index in [1.807, 2.05) is 0 Å². The van der Waals surface area contributed by atoms with E-state index in [0.29, 0.717) is 0 Å². The van der Waals surface area contributed by atoms with Crippen molar-refractivity contribution in [1.82, 2.24) is 0 Å². The maximum atomic E-state index is 10.9. The monoisotopic (exact) mass is 388 g/mol. The van der Waals surface area contributed by atoms with Gasteiger partial charge in [-0.3, -0.25) is 4.79 Å². The first-order chi connectivity index (χ1) is 7.85. The van der Waals surface area contributed by atoms with Gasteiger partial charge in [-0.05, 0) is 36.2 Å². The minimum atomic E-state index is -1.81. The van der Waals surface area contributed by atoms with Crippen molar-refractivity contribution in [2.75, 3.05) is 0 Å². The smallest absolute Gasteiger partial charge is 0.248 e. The number of hydrogen-bond donors (Lipinski definition) is 0. The van der Waals surface area contributed by atoms with Crippen LogP contribution in [-0.4, -0.2) is 12.8 Å². The Morgan fingerprint density at radius 1 is 1.00 bits per heavy atom. The molecule has 0 rings (SSSR count). The number of allylic oxidation sites excluding steroid dienone is 5.